The highest BCUT2D eigenvalue weighted by Gasteiger charge is 2.36. The number of amides is 1. The number of thiophene rings is 1. The molecule has 1 aromatic heterocycles. The topological polar surface area (TPSA) is 29.1 Å². The number of carbonyl (C=O) groups excluding carboxylic acids is 1. The van der Waals surface area contributed by atoms with Gasteiger partial charge in [0.05, 0.1) is 4.88 Å². The van der Waals surface area contributed by atoms with Crippen molar-refractivity contribution >= 4 is 40.4 Å². The Morgan fingerprint density at radius 3 is 2.59 bits per heavy atom. The Bertz CT molecular complexity index is 677. The van der Waals surface area contributed by atoms with Gasteiger partial charge in [-0.25, -0.2) is 0 Å². The van der Waals surface area contributed by atoms with Crippen LogP contribution in [0.15, 0.2) is 29.6 Å². The van der Waals surface area contributed by atoms with Crippen molar-refractivity contribution in [3.8, 4) is 0 Å². The molecule has 0 saturated heterocycles. The van der Waals surface area contributed by atoms with Crippen LogP contribution in [0.25, 0.3) is 0 Å². The van der Waals surface area contributed by atoms with Gasteiger partial charge in [-0.2, -0.15) is 0 Å². The molecule has 2 atom stereocenters. The molecular formula is C17H17Cl2NOS. The smallest absolute Gasteiger partial charge is 0.261 e. The van der Waals surface area contributed by atoms with Crippen LogP contribution in [0.1, 0.15) is 46.5 Å². The Kier molecular flexibility index (Phi) is 4.76. The average Bonchev–Trinajstić information content (AvgIpc) is 2.95. The number of hydrogen-bond acceptors (Lipinski definition) is 2. The van der Waals surface area contributed by atoms with Gasteiger partial charge < -0.3 is 5.32 Å². The minimum atomic E-state index is 0.0183. The molecule has 1 aromatic carbocycles. The van der Waals surface area contributed by atoms with E-state index in [-0.39, 0.29) is 17.9 Å². The second kappa shape index (κ2) is 6.61. The second-order valence-electron chi connectivity index (χ2n) is 5.53. The van der Waals surface area contributed by atoms with E-state index in [0.717, 1.165) is 35.3 Å². The zero-order valence-electron chi connectivity index (χ0n) is 12.2. The van der Waals surface area contributed by atoms with Crippen molar-refractivity contribution in [2.75, 3.05) is 0 Å². The summed E-state index contributed by atoms with van der Waals surface area (Å²) in [7, 11) is 0. The molecule has 1 aliphatic carbocycles. The van der Waals surface area contributed by atoms with Gasteiger partial charge in [0.25, 0.3) is 5.91 Å². The summed E-state index contributed by atoms with van der Waals surface area (Å²) in [5.74, 6) is 0.222. The van der Waals surface area contributed by atoms with Gasteiger partial charge in [0.2, 0.25) is 0 Å². The van der Waals surface area contributed by atoms with E-state index in [9.17, 15) is 4.79 Å². The van der Waals surface area contributed by atoms with Gasteiger partial charge in [0.1, 0.15) is 0 Å². The predicted octanol–water partition coefficient (Wildman–Crippen LogP) is 5.29. The van der Waals surface area contributed by atoms with E-state index in [2.05, 4.69) is 12.2 Å². The third-order valence-electron chi connectivity index (χ3n) is 4.30. The maximum Gasteiger partial charge on any atom is 0.261 e. The van der Waals surface area contributed by atoms with Gasteiger partial charge in [-0.05, 0) is 54.0 Å². The first kappa shape index (κ1) is 15.9. The first-order valence-electron chi connectivity index (χ1n) is 7.43. The van der Waals surface area contributed by atoms with Crippen molar-refractivity contribution in [3.05, 3.63) is 55.7 Å². The SMILES string of the molecule is CCc1ccsc1C(=O)NC1CCC1c1c(Cl)cccc1Cl. The lowest BCUT2D eigenvalue weighted by atomic mass is 9.75. The van der Waals surface area contributed by atoms with E-state index >= 15 is 0 Å². The highest BCUT2D eigenvalue weighted by molar-refractivity contribution is 7.12. The first-order valence-corrected chi connectivity index (χ1v) is 9.06. The molecule has 116 valence electrons. The maximum atomic E-state index is 12.5. The summed E-state index contributed by atoms with van der Waals surface area (Å²) in [6.07, 6.45) is 2.83. The van der Waals surface area contributed by atoms with Gasteiger partial charge in [-0.3, -0.25) is 4.79 Å². The molecule has 1 N–H and O–H groups in total. The Labute approximate surface area is 144 Å². The molecule has 2 aromatic rings. The van der Waals surface area contributed by atoms with Gasteiger partial charge in [-0.1, -0.05) is 36.2 Å². The number of carbonyl (C=O) groups is 1. The van der Waals surface area contributed by atoms with Gasteiger partial charge in [0, 0.05) is 22.0 Å². The van der Waals surface area contributed by atoms with Crippen LogP contribution in [0.3, 0.4) is 0 Å². The van der Waals surface area contributed by atoms with Crippen LogP contribution in [0.4, 0.5) is 0 Å². The average molecular weight is 354 g/mol. The van der Waals surface area contributed by atoms with Crippen LogP contribution in [-0.4, -0.2) is 11.9 Å². The van der Waals surface area contributed by atoms with Gasteiger partial charge in [0.15, 0.2) is 0 Å². The molecule has 5 heteroatoms. The fourth-order valence-corrected chi connectivity index (χ4v) is 4.51. The number of benzene rings is 1. The molecule has 1 saturated carbocycles. The number of nitrogens with one attached hydrogen (secondary N) is 1. The Morgan fingerprint density at radius 2 is 2.00 bits per heavy atom. The van der Waals surface area contributed by atoms with Crippen molar-refractivity contribution < 1.29 is 4.79 Å². The summed E-state index contributed by atoms with van der Waals surface area (Å²) in [5, 5.41) is 6.48. The fourth-order valence-electron chi connectivity index (χ4n) is 2.93. The molecule has 2 unspecified atom stereocenters. The van der Waals surface area contributed by atoms with Crippen molar-refractivity contribution in [1.29, 1.82) is 0 Å². The highest BCUT2D eigenvalue weighted by atomic mass is 35.5. The third-order valence-corrected chi connectivity index (χ3v) is 5.91. The van der Waals surface area contributed by atoms with E-state index in [1.54, 1.807) is 0 Å². The summed E-state index contributed by atoms with van der Waals surface area (Å²) in [6, 6.07) is 7.68. The summed E-state index contributed by atoms with van der Waals surface area (Å²) in [5.41, 5.74) is 2.07. The Morgan fingerprint density at radius 1 is 1.27 bits per heavy atom. The zero-order chi connectivity index (χ0) is 15.7. The monoisotopic (exact) mass is 353 g/mol. The molecule has 1 heterocycles. The number of hydrogen-bond donors (Lipinski definition) is 1. The van der Waals surface area contributed by atoms with Crippen LogP contribution in [0.2, 0.25) is 10.0 Å². The Balaban J connectivity index is 1.76. The first-order chi connectivity index (χ1) is 10.6. The van der Waals surface area contributed by atoms with Crippen molar-refractivity contribution in [2.24, 2.45) is 0 Å². The predicted molar refractivity (Wildman–Crippen MR) is 93.4 cm³/mol. The van der Waals surface area contributed by atoms with Crippen LogP contribution < -0.4 is 5.32 Å². The largest absolute Gasteiger partial charge is 0.348 e. The lowest BCUT2D eigenvalue weighted by Gasteiger charge is -2.38. The Hall–Kier alpha value is -1.03. The summed E-state index contributed by atoms with van der Waals surface area (Å²) < 4.78 is 0. The van der Waals surface area contributed by atoms with Gasteiger partial charge in [-0.15, -0.1) is 11.3 Å². The number of halogens is 2. The second-order valence-corrected chi connectivity index (χ2v) is 7.26. The van der Waals surface area contributed by atoms with E-state index in [0.29, 0.717) is 10.0 Å². The fraction of sp³-hybridized carbons (Fsp3) is 0.353. The van der Waals surface area contributed by atoms with Crippen molar-refractivity contribution in [3.63, 3.8) is 0 Å². The van der Waals surface area contributed by atoms with Crippen LogP contribution in [-0.2, 0) is 6.42 Å². The summed E-state index contributed by atoms with van der Waals surface area (Å²) in [4.78, 5) is 13.3. The standard InChI is InChI=1S/C17H17Cl2NOS/c1-2-10-8-9-22-16(10)17(21)20-14-7-6-11(14)15-12(18)4-3-5-13(15)19/h3-5,8-9,11,14H,2,6-7H2,1H3,(H,20,21). The number of aryl methyl sites for hydroxylation is 1. The molecule has 1 fully saturated rings. The molecule has 3 rings (SSSR count). The van der Waals surface area contributed by atoms with Gasteiger partial charge >= 0.3 is 0 Å². The molecule has 1 aliphatic rings. The quantitative estimate of drug-likeness (QED) is 0.794. The van der Waals surface area contributed by atoms with E-state index in [1.165, 1.54) is 11.3 Å². The molecule has 1 amide bonds. The van der Waals surface area contributed by atoms with Crippen molar-refractivity contribution in [1.82, 2.24) is 5.32 Å². The van der Waals surface area contributed by atoms with Crippen LogP contribution in [0.5, 0.6) is 0 Å². The van der Waals surface area contributed by atoms with E-state index < -0.39 is 0 Å². The lowest BCUT2D eigenvalue weighted by Crippen LogP contribution is -2.45. The number of rotatable bonds is 4. The minimum absolute atomic E-state index is 0.0183. The molecule has 0 bridgehead atoms. The minimum Gasteiger partial charge on any atom is -0.348 e. The molecule has 22 heavy (non-hydrogen) atoms. The molecular weight excluding hydrogens is 337 g/mol. The molecule has 0 spiro atoms. The molecule has 0 radical (unpaired) electrons. The van der Waals surface area contributed by atoms with E-state index in [4.69, 9.17) is 23.2 Å². The lowest BCUT2D eigenvalue weighted by molar-refractivity contribution is 0.0908. The molecule has 0 aliphatic heterocycles. The maximum absolute atomic E-state index is 12.5. The van der Waals surface area contributed by atoms with Crippen LogP contribution in [0, 0.1) is 0 Å². The molecule has 2 nitrogen and oxygen atoms in total. The third kappa shape index (κ3) is 2.90. The summed E-state index contributed by atoms with van der Waals surface area (Å²) in [6.45, 7) is 2.06. The normalized spacial score (nSPS) is 20.5. The van der Waals surface area contributed by atoms with Crippen molar-refractivity contribution in [2.45, 2.75) is 38.1 Å². The summed E-state index contributed by atoms with van der Waals surface area (Å²) >= 11 is 14.1. The zero-order valence-corrected chi connectivity index (χ0v) is 14.6. The van der Waals surface area contributed by atoms with E-state index in [1.807, 2.05) is 29.6 Å². The highest BCUT2D eigenvalue weighted by Crippen LogP contribution is 2.43. The van der Waals surface area contributed by atoms with Crippen LogP contribution >= 0.6 is 34.5 Å².